The summed E-state index contributed by atoms with van der Waals surface area (Å²) in [5.41, 5.74) is 1.17. The lowest BCUT2D eigenvalue weighted by molar-refractivity contribution is 0.0590. The normalized spacial score (nSPS) is 23.4. The van der Waals surface area contributed by atoms with Crippen molar-refractivity contribution in [2.75, 3.05) is 7.11 Å². The molecule has 0 unspecified atom stereocenters. The van der Waals surface area contributed by atoms with E-state index in [2.05, 4.69) is 21.4 Å². The Morgan fingerprint density at radius 3 is 2.78 bits per heavy atom. The number of methoxy groups -OCH3 is 1. The van der Waals surface area contributed by atoms with Gasteiger partial charge in [-0.2, -0.15) is 0 Å². The van der Waals surface area contributed by atoms with E-state index >= 15 is 0 Å². The van der Waals surface area contributed by atoms with Gasteiger partial charge < -0.3 is 4.74 Å². The highest BCUT2D eigenvalue weighted by atomic mass is 32.2. The van der Waals surface area contributed by atoms with E-state index < -0.39 is 16.0 Å². The van der Waals surface area contributed by atoms with E-state index in [1.807, 2.05) is 0 Å². The minimum Gasteiger partial charge on any atom is -0.464 e. The second kappa shape index (κ2) is 4.94. The molecule has 0 saturated heterocycles. The SMILES string of the molecule is COC(=O)c1ncsc1S(=O)(=O)NC1CC(C)C1. The monoisotopic (exact) mass is 290 g/mol. The fourth-order valence-electron chi connectivity index (χ4n) is 1.93. The van der Waals surface area contributed by atoms with Crippen molar-refractivity contribution in [1.29, 1.82) is 0 Å². The molecule has 1 aromatic rings. The molecule has 1 N–H and O–H groups in total. The van der Waals surface area contributed by atoms with Gasteiger partial charge in [0.2, 0.25) is 0 Å². The van der Waals surface area contributed by atoms with Gasteiger partial charge in [-0.05, 0) is 18.8 Å². The van der Waals surface area contributed by atoms with Gasteiger partial charge in [-0.15, -0.1) is 11.3 Å². The van der Waals surface area contributed by atoms with Crippen LogP contribution in [0.15, 0.2) is 9.72 Å². The molecule has 1 fully saturated rings. The summed E-state index contributed by atoms with van der Waals surface area (Å²) in [5.74, 6) is -0.196. The maximum atomic E-state index is 12.1. The molecule has 0 spiro atoms. The average molecular weight is 290 g/mol. The van der Waals surface area contributed by atoms with Gasteiger partial charge in [0.05, 0.1) is 12.6 Å². The first kappa shape index (κ1) is 13.4. The van der Waals surface area contributed by atoms with Crippen LogP contribution in [-0.4, -0.2) is 32.5 Å². The number of ether oxygens (including phenoxy) is 1. The van der Waals surface area contributed by atoms with Gasteiger partial charge in [0.1, 0.15) is 0 Å². The van der Waals surface area contributed by atoms with Gasteiger partial charge in [0, 0.05) is 6.04 Å². The Bertz CT molecular complexity index is 546. The van der Waals surface area contributed by atoms with E-state index in [1.165, 1.54) is 12.6 Å². The first-order valence-corrected chi connectivity index (χ1v) is 7.84. The second-order valence-electron chi connectivity index (χ2n) is 4.37. The molecule has 0 aromatic carbocycles. The molecule has 0 atom stereocenters. The first-order valence-electron chi connectivity index (χ1n) is 5.48. The van der Waals surface area contributed by atoms with Crippen LogP contribution in [0.4, 0.5) is 0 Å². The summed E-state index contributed by atoms with van der Waals surface area (Å²) < 4.78 is 31.2. The predicted molar refractivity (Wildman–Crippen MR) is 66.0 cm³/mol. The smallest absolute Gasteiger partial charge is 0.358 e. The molecular weight excluding hydrogens is 276 g/mol. The van der Waals surface area contributed by atoms with Crippen molar-refractivity contribution >= 4 is 27.3 Å². The number of carbonyl (C=O) groups excluding carboxylic acids is 1. The molecular formula is C10H14N2O4S2. The molecule has 0 bridgehead atoms. The molecule has 6 nitrogen and oxygen atoms in total. The second-order valence-corrected chi connectivity index (χ2v) is 7.14. The van der Waals surface area contributed by atoms with E-state index in [4.69, 9.17) is 0 Å². The largest absolute Gasteiger partial charge is 0.464 e. The Labute approximate surface area is 109 Å². The predicted octanol–water partition coefficient (Wildman–Crippen LogP) is 1.01. The van der Waals surface area contributed by atoms with E-state index in [0.29, 0.717) is 5.92 Å². The van der Waals surface area contributed by atoms with Crippen molar-refractivity contribution in [1.82, 2.24) is 9.71 Å². The van der Waals surface area contributed by atoms with E-state index in [0.717, 1.165) is 24.2 Å². The zero-order chi connectivity index (χ0) is 13.3. The number of esters is 1. The number of aromatic nitrogens is 1. The lowest BCUT2D eigenvalue weighted by Crippen LogP contribution is -2.43. The summed E-state index contributed by atoms with van der Waals surface area (Å²) in [7, 11) is -2.49. The third-order valence-electron chi connectivity index (χ3n) is 2.85. The lowest BCUT2D eigenvalue weighted by Gasteiger charge is -2.32. The molecule has 1 aliphatic carbocycles. The molecule has 1 heterocycles. The summed E-state index contributed by atoms with van der Waals surface area (Å²) in [6.45, 7) is 2.07. The van der Waals surface area contributed by atoms with Crippen molar-refractivity contribution in [3.8, 4) is 0 Å². The molecule has 18 heavy (non-hydrogen) atoms. The van der Waals surface area contributed by atoms with Crippen LogP contribution < -0.4 is 4.72 Å². The Kier molecular flexibility index (Phi) is 3.69. The summed E-state index contributed by atoms with van der Waals surface area (Å²) >= 11 is 0.915. The maximum absolute atomic E-state index is 12.1. The van der Waals surface area contributed by atoms with Crippen LogP contribution in [0.1, 0.15) is 30.3 Å². The van der Waals surface area contributed by atoms with E-state index in [9.17, 15) is 13.2 Å². The number of nitrogens with zero attached hydrogens (tertiary/aromatic N) is 1. The third-order valence-corrected chi connectivity index (χ3v) is 5.74. The Hall–Kier alpha value is -0.990. The minimum atomic E-state index is -3.68. The highest BCUT2D eigenvalue weighted by Gasteiger charge is 2.33. The Balaban J connectivity index is 2.19. The van der Waals surface area contributed by atoms with E-state index in [-0.39, 0.29) is 15.9 Å². The van der Waals surface area contributed by atoms with Crippen molar-refractivity contribution < 1.29 is 17.9 Å². The van der Waals surface area contributed by atoms with Gasteiger partial charge in [-0.3, -0.25) is 0 Å². The molecule has 1 aliphatic rings. The molecule has 1 aromatic heterocycles. The standard InChI is InChI=1S/C10H14N2O4S2/c1-6-3-7(4-6)12-18(14,15)10-8(9(13)16-2)11-5-17-10/h5-7,12H,3-4H2,1-2H3. The molecule has 100 valence electrons. The van der Waals surface area contributed by atoms with Crippen molar-refractivity contribution in [2.24, 2.45) is 5.92 Å². The number of hydrogen-bond donors (Lipinski definition) is 1. The quantitative estimate of drug-likeness (QED) is 0.836. The van der Waals surface area contributed by atoms with Gasteiger partial charge >= 0.3 is 5.97 Å². The zero-order valence-electron chi connectivity index (χ0n) is 10.0. The first-order chi connectivity index (χ1) is 8.44. The highest BCUT2D eigenvalue weighted by molar-refractivity contribution is 7.91. The number of thiazole rings is 1. The molecule has 8 heteroatoms. The number of rotatable bonds is 4. The van der Waals surface area contributed by atoms with Crippen molar-refractivity contribution in [2.45, 2.75) is 30.0 Å². The fourth-order valence-corrected chi connectivity index (χ4v) is 4.34. The summed E-state index contributed by atoms with van der Waals surface area (Å²) in [6.07, 6.45) is 1.65. The average Bonchev–Trinajstić information content (AvgIpc) is 2.75. The lowest BCUT2D eigenvalue weighted by atomic mass is 9.83. The van der Waals surface area contributed by atoms with Gasteiger partial charge in [-0.1, -0.05) is 6.92 Å². The molecule has 2 rings (SSSR count). The van der Waals surface area contributed by atoms with Crippen LogP contribution in [0.5, 0.6) is 0 Å². The number of nitrogens with one attached hydrogen (secondary N) is 1. The summed E-state index contributed by atoms with van der Waals surface area (Å²) in [4.78, 5) is 15.1. The number of sulfonamides is 1. The Morgan fingerprint density at radius 2 is 2.22 bits per heavy atom. The zero-order valence-corrected chi connectivity index (χ0v) is 11.7. The third kappa shape index (κ3) is 2.55. The van der Waals surface area contributed by atoms with Crippen LogP contribution in [0.25, 0.3) is 0 Å². The number of hydrogen-bond acceptors (Lipinski definition) is 6. The minimum absolute atomic E-state index is 0.0439. The molecule has 0 amide bonds. The van der Waals surface area contributed by atoms with Crippen LogP contribution in [0.2, 0.25) is 0 Å². The topological polar surface area (TPSA) is 85.4 Å². The molecule has 1 saturated carbocycles. The van der Waals surface area contributed by atoms with Gasteiger partial charge in [0.15, 0.2) is 9.90 Å². The number of carbonyl (C=O) groups is 1. The van der Waals surface area contributed by atoms with Gasteiger partial charge in [-0.25, -0.2) is 22.9 Å². The van der Waals surface area contributed by atoms with Crippen LogP contribution >= 0.6 is 11.3 Å². The van der Waals surface area contributed by atoms with Gasteiger partial charge in [0.25, 0.3) is 10.0 Å². The van der Waals surface area contributed by atoms with Crippen LogP contribution in [0, 0.1) is 5.92 Å². The fraction of sp³-hybridized carbons (Fsp3) is 0.600. The summed E-state index contributed by atoms with van der Waals surface area (Å²) in [5, 5.41) is 0. The van der Waals surface area contributed by atoms with Crippen LogP contribution in [-0.2, 0) is 14.8 Å². The maximum Gasteiger partial charge on any atom is 0.358 e. The highest BCUT2D eigenvalue weighted by Crippen LogP contribution is 2.29. The molecule has 0 aliphatic heterocycles. The van der Waals surface area contributed by atoms with Crippen molar-refractivity contribution in [3.05, 3.63) is 11.2 Å². The van der Waals surface area contributed by atoms with E-state index in [1.54, 1.807) is 0 Å². The summed E-state index contributed by atoms with van der Waals surface area (Å²) in [6, 6.07) is -0.0439. The van der Waals surface area contributed by atoms with Crippen molar-refractivity contribution in [3.63, 3.8) is 0 Å². The Morgan fingerprint density at radius 1 is 1.56 bits per heavy atom. The van der Waals surface area contributed by atoms with Crippen LogP contribution in [0.3, 0.4) is 0 Å². The molecule has 0 radical (unpaired) electrons.